The molecule has 3 rings (SSSR count). The number of rotatable bonds is 5. The van der Waals surface area contributed by atoms with Crippen LogP contribution in [0.5, 0.6) is 0 Å². The minimum atomic E-state index is 0.516. The highest BCUT2D eigenvalue weighted by atomic mass is 32.1. The first-order valence-corrected chi connectivity index (χ1v) is 8.66. The molecule has 2 aliphatic rings. The fourth-order valence-electron chi connectivity index (χ4n) is 3.12. The van der Waals surface area contributed by atoms with Crippen LogP contribution in [0.2, 0.25) is 0 Å². The van der Waals surface area contributed by atoms with Crippen molar-refractivity contribution in [3.8, 4) is 0 Å². The minimum Gasteiger partial charge on any atom is -0.307 e. The van der Waals surface area contributed by atoms with Crippen LogP contribution in [0.15, 0.2) is 12.1 Å². The van der Waals surface area contributed by atoms with E-state index >= 15 is 0 Å². The highest BCUT2D eigenvalue weighted by Crippen LogP contribution is 2.30. The van der Waals surface area contributed by atoms with Gasteiger partial charge in [-0.05, 0) is 64.3 Å². The molecule has 0 spiro atoms. The highest BCUT2D eigenvalue weighted by molar-refractivity contribution is 7.12. The summed E-state index contributed by atoms with van der Waals surface area (Å²) in [4.78, 5) is 5.71. The number of aryl methyl sites for hydroxylation is 1. The lowest BCUT2D eigenvalue weighted by Gasteiger charge is -2.33. The average Bonchev–Trinajstić information content (AvgIpc) is 3.17. The summed E-state index contributed by atoms with van der Waals surface area (Å²) in [5.74, 6) is 0. The first-order valence-electron chi connectivity index (χ1n) is 7.85. The summed E-state index contributed by atoms with van der Waals surface area (Å²) in [5.41, 5.74) is 0. The normalized spacial score (nSPS) is 23.7. The topological polar surface area (TPSA) is 15.3 Å². The van der Waals surface area contributed by atoms with E-state index in [1.54, 1.807) is 0 Å². The van der Waals surface area contributed by atoms with E-state index in [0.717, 1.165) is 18.5 Å². The number of nitrogens with one attached hydrogen (secondary N) is 1. The van der Waals surface area contributed by atoms with E-state index in [1.165, 1.54) is 48.5 Å². The van der Waals surface area contributed by atoms with Gasteiger partial charge in [0.1, 0.15) is 0 Å². The first kappa shape index (κ1) is 13.6. The molecule has 1 unspecified atom stereocenters. The molecule has 0 amide bonds. The second kappa shape index (κ2) is 5.94. The van der Waals surface area contributed by atoms with E-state index in [2.05, 4.69) is 36.2 Å². The quantitative estimate of drug-likeness (QED) is 0.885. The van der Waals surface area contributed by atoms with Gasteiger partial charge >= 0.3 is 0 Å². The van der Waals surface area contributed by atoms with Gasteiger partial charge in [0.05, 0.1) is 0 Å². The Bertz CT molecular complexity index is 403. The van der Waals surface area contributed by atoms with Crippen molar-refractivity contribution in [3.63, 3.8) is 0 Å². The van der Waals surface area contributed by atoms with E-state index < -0.39 is 0 Å². The molecule has 2 heterocycles. The minimum absolute atomic E-state index is 0.516. The Kier molecular flexibility index (Phi) is 4.25. The number of hydrogen-bond donors (Lipinski definition) is 1. The molecule has 2 nitrogen and oxygen atoms in total. The molecule has 1 saturated carbocycles. The van der Waals surface area contributed by atoms with Crippen LogP contribution < -0.4 is 5.32 Å². The number of piperidine rings is 1. The van der Waals surface area contributed by atoms with E-state index in [-0.39, 0.29) is 0 Å². The Hall–Kier alpha value is -0.380. The Balaban J connectivity index is 1.48. The molecule has 1 aromatic heterocycles. The molecule has 106 valence electrons. The van der Waals surface area contributed by atoms with Crippen LogP contribution in [0, 0.1) is 0 Å². The second-order valence-electron chi connectivity index (χ2n) is 6.09. The molecule has 0 bridgehead atoms. The molecule has 1 aromatic rings. The lowest BCUT2D eigenvalue weighted by Crippen LogP contribution is -2.43. The maximum Gasteiger partial charge on any atom is 0.0388 e. The van der Waals surface area contributed by atoms with E-state index in [9.17, 15) is 0 Å². The van der Waals surface area contributed by atoms with Crippen molar-refractivity contribution in [2.75, 3.05) is 13.1 Å². The smallest absolute Gasteiger partial charge is 0.0388 e. The lowest BCUT2D eigenvalue weighted by atomic mass is 10.0. The van der Waals surface area contributed by atoms with Crippen LogP contribution in [-0.2, 0) is 6.42 Å². The summed E-state index contributed by atoms with van der Waals surface area (Å²) in [6, 6.07) is 6.77. The van der Waals surface area contributed by atoms with Gasteiger partial charge in [0.15, 0.2) is 0 Å². The van der Waals surface area contributed by atoms with Gasteiger partial charge in [-0.15, -0.1) is 11.3 Å². The van der Waals surface area contributed by atoms with Gasteiger partial charge in [-0.25, -0.2) is 0 Å². The van der Waals surface area contributed by atoms with Crippen molar-refractivity contribution < 1.29 is 0 Å². The standard InChI is InChI=1S/C16H26N2S/c1-3-15-6-7-16(19-15)12(2)17-13-8-10-18(11-9-13)14-4-5-14/h6-7,12-14,17H,3-5,8-11H2,1-2H3. The molecule has 1 saturated heterocycles. The van der Waals surface area contributed by atoms with Gasteiger partial charge in [0.2, 0.25) is 0 Å². The predicted molar refractivity (Wildman–Crippen MR) is 82.9 cm³/mol. The molecule has 19 heavy (non-hydrogen) atoms. The molecule has 1 aliphatic heterocycles. The number of likely N-dealkylation sites (tertiary alicyclic amines) is 1. The molecular weight excluding hydrogens is 252 g/mol. The molecule has 2 fully saturated rings. The van der Waals surface area contributed by atoms with Crippen molar-refractivity contribution in [2.24, 2.45) is 0 Å². The molecule has 0 aromatic carbocycles. The summed E-state index contributed by atoms with van der Waals surface area (Å²) < 4.78 is 0. The zero-order chi connectivity index (χ0) is 13.2. The van der Waals surface area contributed by atoms with Crippen molar-refractivity contribution in [1.82, 2.24) is 10.2 Å². The fourth-order valence-corrected chi connectivity index (χ4v) is 4.09. The highest BCUT2D eigenvalue weighted by Gasteiger charge is 2.32. The van der Waals surface area contributed by atoms with Crippen LogP contribution in [0.25, 0.3) is 0 Å². The third-order valence-corrected chi connectivity index (χ3v) is 5.95. The summed E-state index contributed by atoms with van der Waals surface area (Å²) in [6.45, 7) is 7.17. The van der Waals surface area contributed by atoms with Crippen molar-refractivity contribution in [1.29, 1.82) is 0 Å². The van der Waals surface area contributed by atoms with Crippen LogP contribution in [0.1, 0.15) is 55.3 Å². The molecule has 1 aliphatic carbocycles. The number of hydrogen-bond acceptors (Lipinski definition) is 3. The van der Waals surface area contributed by atoms with Crippen LogP contribution >= 0.6 is 11.3 Å². The molecule has 3 heteroatoms. The lowest BCUT2D eigenvalue weighted by molar-refractivity contribution is 0.184. The summed E-state index contributed by atoms with van der Waals surface area (Å²) >= 11 is 1.97. The summed E-state index contributed by atoms with van der Waals surface area (Å²) in [7, 11) is 0. The molecular formula is C16H26N2S. The van der Waals surface area contributed by atoms with E-state index in [1.807, 2.05) is 11.3 Å². The first-order chi connectivity index (χ1) is 9.26. The van der Waals surface area contributed by atoms with Crippen molar-refractivity contribution >= 4 is 11.3 Å². The van der Waals surface area contributed by atoms with Crippen molar-refractivity contribution in [2.45, 2.75) is 64.1 Å². The van der Waals surface area contributed by atoms with Gasteiger partial charge in [-0.3, -0.25) is 0 Å². The molecule has 1 atom stereocenters. The Morgan fingerprint density at radius 3 is 2.58 bits per heavy atom. The zero-order valence-electron chi connectivity index (χ0n) is 12.2. The second-order valence-corrected chi connectivity index (χ2v) is 7.29. The van der Waals surface area contributed by atoms with Crippen LogP contribution in [0.3, 0.4) is 0 Å². The Labute approximate surface area is 121 Å². The van der Waals surface area contributed by atoms with Crippen LogP contribution in [-0.4, -0.2) is 30.1 Å². The largest absolute Gasteiger partial charge is 0.307 e. The summed E-state index contributed by atoms with van der Waals surface area (Å²) in [6.07, 6.45) is 6.71. The third-order valence-electron chi connectivity index (χ3n) is 4.54. The Morgan fingerprint density at radius 2 is 2.00 bits per heavy atom. The van der Waals surface area contributed by atoms with Gasteiger partial charge in [0.25, 0.3) is 0 Å². The van der Waals surface area contributed by atoms with E-state index in [0.29, 0.717) is 6.04 Å². The van der Waals surface area contributed by atoms with E-state index in [4.69, 9.17) is 0 Å². The SMILES string of the molecule is CCc1ccc(C(C)NC2CCN(C3CC3)CC2)s1. The van der Waals surface area contributed by atoms with Crippen molar-refractivity contribution in [3.05, 3.63) is 21.9 Å². The predicted octanol–water partition coefficient (Wildman–Crippen LogP) is 3.59. The zero-order valence-corrected chi connectivity index (χ0v) is 13.0. The van der Waals surface area contributed by atoms with Gasteiger partial charge in [-0.2, -0.15) is 0 Å². The van der Waals surface area contributed by atoms with Gasteiger partial charge in [-0.1, -0.05) is 6.92 Å². The van der Waals surface area contributed by atoms with Gasteiger partial charge < -0.3 is 10.2 Å². The average molecular weight is 278 g/mol. The molecule has 1 N–H and O–H groups in total. The fraction of sp³-hybridized carbons (Fsp3) is 0.750. The van der Waals surface area contributed by atoms with Crippen LogP contribution in [0.4, 0.5) is 0 Å². The maximum atomic E-state index is 3.84. The monoisotopic (exact) mass is 278 g/mol. The summed E-state index contributed by atoms with van der Waals surface area (Å²) in [5, 5.41) is 3.84. The molecule has 0 radical (unpaired) electrons. The third kappa shape index (κ3) is 3.39. The maximum absolute atomic E-state index is 3.84. The van der Waals surface area contributed by atoms with Gasteiger partial charge in [0, 0.05) is 27.9 Å². The number of thiophene rings is 1. The Morgan fingerprint density at radius 1 is 1.26 bits per heavy atom. The number of nitrogens with zero attached hydrogens (tertiary/aromatic N) is 1.